The number of para-hydroxylation sites is 1. The van der Waals surface area contributed by atoms with Gasteiger partial charge in [0, 0.05) is 49.4 Å². The summed E-state index contributed by atoms with van der Waals surface area (Å²) in [6.45, 7) is 0.349. The van der Waals surface area contributed by atoms with Gasteiger partial charge in [0.05, 0.1) is 21.4 Å². The van der Waals surface area contributed by atoms with Gasteiger partial charge in [-0.15, -0.1) is 0 Å². The Hall–Kier alpha value is -2.81. The first-order chi connectivity index (χ1) is 23.0. The molecule has 6 nitrogen and oxygen atoms in total. The van der Waals surface area contributed by atoms with Crippen LogP contribution in [0.5, 0.6) is 0 Å². The maximum atomic E-state index is 16.1. The van der Waals surface area contributed by atoms with Crippen molar-refractivity contribution >= 4 is 92.7 Å². The number of nitrogens with zero attached hydrogens (tertiary/aromatic N) is 2. The van der Waals surface area contributed by atoms with Gasteiger partial charge in [0.2, 0.25) is 5.60 Å². The number of halogens is 6. The van der Waals surface area contributed by atoms with Crippen LogP contribution in [0.4, 0.5) is 5.69 Å². The fourth-order valence-electron chi connectivity index (χ4n) is 8.92. The highest BCUT2D eigenvalue weighted by molar-refractivity contribution is 6.41. The van der Waals surface area contributed by atoms with E-state index in [2.05, 4.69) is 10.5 Å². The van der Waals surface area contributed by atoms with E-state index in [0.29, 0.717) is 70.3 Å². The van der Waals surface area contributed by atoms with Crippen LogP contribution in [-0.4, -0.2) is 41.5 Å². The minimum Gasteiger partial charge on any atom is -0.380 e. The lowest BCUT2D eigenvalue weighted by molar-refractivity contribution is -0.154. The van der Waals surface area contributed by atoms with Crippen LogP contribution in [0.1, 0.15) is 46.9 Å². The van der Waals surface area contributed by atoms with Gasteiger partial charge in [0.1, 0.15) is 11.3 Å². The van der Waals surface area contributed by atoms with Crippen LogP contribution in [0.15, 0.2) is 84.0 Å². The molecule has 0 radical (unpaired) electrons. The average molecular weight is 760 g/mol. The van der Waals surface area contributed by atoms with Crippen molar-refractivity contribution < 1.29 is 14.4 Å². The fourth-order valence-corrected chi connectivity index (χ4v) is 10.6. The Kier molecular flexibility index (Phi) is 7.67. The van der Waals surface area contributed by atoms with Gasteiger partial charge in [-0.25, -0.2) is 0 Å². The molecule has 3 unspecified atom stereocenters. The summed E-state index contributed by atoms with van der Waals surface area (Å²) in [5.74, 6) is -1.97. The van der Waals surface area contributed by atoms with Gasteiger partial charge in [-0.3, -0.25) is 14.5 Å². The molecule has 0 bridgehead atoms. The Morgan fingerprint density at radius 1 is 0.792 bits per heavy atom. The van der Waals surface area contributed by atoms with Gasteiger partial charge in [0.15, 0.2) is 5.78 Å². The number of hydrogen-bond donors (Lipinski definition) is 1. The van der Waals surface area contributed by atoms with Gasteiger partial charge in [-0.1, -0.05) is 111 Å². The lowest BCUT2D eigenvalue weighted by Crippen LogP contribution is -2.60. The van der Waals surface area contributed by atoms with Crippen molar-refractivity contribution in [2.24, 2.45) is 10.6 Å². The zero-order chi connectivity index (χ0) is 33.7. The number of carbonyl (C=O) groups excluding carboxylic acids is 2. The van der Waals surface area contributed by atoms with Gasteiger partial charge < -0.3 is 10.2 Å². The van der Waals surface area contributed by atoms with Crippen LogP contribution in [-0.2, 0) is 20.0 Å². The predicted molar refractivity (Wildman–Crippen MR) is 191 cm³/mol. The molecule has 1 saturated heterocycles. The minimum atomic E-state index is -1.59. The lowest BCUT2D eigenvalue weighted by atomic mass is 9.58. The zero-order valence-corrected chi connectivity index (χ0v) is 29.7. The van der Waals surface area contributed by atoms with E-state index in [0.717, 1.165) is 0 Å². The third kappa shape index (κ3) is 4.14. The van der Waals surface area contributed by atoms with E-state index >= 15 is 4.79 Å². The van der Waals surface area contributed by atoms with Crippen LogP contribution >= 0.6 is 69.6 Å². The maximum absolute atomic E-state index is 16.1. The van der Waals surface area contributed by atoms with E-state index < -0.39 is 28.4 Å². The van der Waals surface area contributed by atoms with Crippen LogP contribution < -0.4 is 5.32 Å². The highest BCUT2D eigenvalue weighted by Crippen LogP contribution is 2.71. The number of likely N-dealkylation sites (N-methyl/N-ethyl adjacent to an activating group) is 1. The summed E-state index contributed by atoms with van der Waals surface area (Å²) in [5, 5.41) is 9.96. The van der Waals surface area contributed by atoms with E-state index in [4.69, 9.17) is 74.4 Å². The molecule has 4 aromatic rings. The maximum Gasteiger partial charge on any atom is 0.250 e. The first kappa shape index (κ1) is 32.4. The molecule has 3 aliphatic heterocycles. The number of likely N-dealkylation sites (tertiary alicyclic amines) is 1. The summed E-state index contributed by atoms with van der Waals surface area (Å²) in [6, 6.07) is 23.0. The van der Waals surface area contributed by atoms with Gasteiger partial charge >= 0.3 is 0 Å². The number of ketones is 1. The Labute approximate surface area is 306 Å². The molecule has 244 valence electrons. The summed E-state index contributed by atoms with van der Waals surface area (Å²) < 4.78 is 0. The molecule has 8 rings (SSSR count). The summed E-state index contributed by atoms with van der Waals surface area (Å²) in [4.78, 5) is 39.1. The van der Waals surface area contributed by atoms with Crippen molar-refractivity contribution in [2.75, 3.05) is 18.9 Å². The molecule has 1 N–H and O–H groups in total. The molecule has 2 fully saturated rings. The van der Waals surface area contributed by atoms with Gasteiger partial charge in [0.25, 0.3) is 5.91 Å². The molecule has 4 aliphatic rings. The van der Waals surface area contributed by atoms with Crippen molar-refractivity contribution in [1.82, 2.24) is 4.90 Å². The second-order valence-electron chi connectivity index (χ2n) is 12.8. The van der Waals surface area contributed by atoms with E-state index in [9.17, 15) is 4.79 Å². The Balaban J connectivity index is 1.40. The number of nitrogens with one attached hydrogen (secondary N) is 1. The Bertz CT molecular complexity index is 2090. The van der Waals surface area contributed by atoms with Crippen molar-refractivity contribution in [2.45, 2.75) is 35.8 Å². The topological polar surface area (TPSA) is 71.0 Å². The van der Waals surface area contributed by atoms with Crippen LogP contribution in [0.2, 0.25) is 30.1 Å². The van der Waals surface area contributed by atoms with Gasteiger partial charge in [-0.05, 0) is 73.5 Å². The molecule has 3 spiro atoms. The van der Waals surface area contributed by atoms with Crippen LogP contribution in [0, 0.1) is 5.41 Å². The summed E-state index contributed by atoms with van der Waals surface area (Å²) in [5.41, 5.74) is -0.942. The van der Waals surface area contributed by atoms with E-state index in [-0.39, 0.29) is 24.5 Å². The van der Waals surface area contributed by atoms with Crippen molar-refractivity contribution in [1.29, 1.82) is 0 Å². The van der Waals surface area contributed by atoms with Crippen LogP contribution in [0.3, 0.4) is 0 Å². The molecule has 1 aliphatic carbocycles. The molecular weight excluding hydrogens is 735 g/mol. The Morgan fingerprint density at radius 2 is 1.44 bits per heavy atom. The molecule has 0 aromatic heterocycles. The third-order valence-electron chi connectivity index (χ3n) is 10.7. The molecule has 1 saturated carbocycles. The third-order valence-corrected chi connectivity index (χ3v) is 12.5. The number of fused-ring (bicyclic) bond motifs is 3. The summed E-state index contributed by atoms with van der Waals surface area (Å²) >= 11 is 40.1. The van der Waals surface area contributed by atoms with Crippen molar-refractivity contribution in [3.8, 4) is 0 Å². The minimum absolute atomic E-state index is 0.206. The second-order valence-corrected chi connectivity index (χ2v) is 15.3. The molecule has 48 heavy (non-hydrogen) atoms. The average Bonchev–Trinajstić information content (AvgIpc) is 3.73. The number of anilines is 1. The first-order valence-corrected chi connectivity index (χ1v) is 17.5. The Morgan fingerprint density at radius 3 is 2.10 bits per heavy atom. The fraction of sp³-hybridized carbons (Fsp3) is 0.250. The molecular formula is C36H25Cl6N3O3. The number of rotatable bonds is 3. The van der Waals surface area contributed by atoms with Crippen molar-refractivity contribution in [3.05, 3.63) is 131 Å². The molecule has 12 heteroatoms. The second kappa shape index (κ2) is 11.4. The zero-order valence-electron chi connectivity index (χ0n) is 25.2. The molecule has 3 heterocycles. The normalized spacial score (nSPS) is 29.2. The van der Waals surface area contributed by atoms with Crippen LogP contribution in [0.25, 0.3) is 0 Å². The van der Waals surface area contributed by atoms with E-state index in [1.165, 1.54) is 0 Å². The SMILES string of the molecule is CN1CC(c2ccc(Cl)cc2Cl)[C@@]2(CC[C@]3(ON=C(c4c(Cl)cccc4Cl)C3c3ccc(Cl)cc3Cl)C2=O)C12C(=O)Nc1ccccc12. The molecule has 4 aromatic carbocycles. The number of carbonyl (C=O) groups is 2. The largest absolute Gasteiger partial charge is 0.380 e. The van der Waals surface area contributed by atoms with Crippen molar-refractivity contribution in [3.63, 3.8) is 0 Å². The van der Waals surface area contributed by atoms with E-state index in [1.54, 1.807) is 48.5 Å². The number of Topliss-reactive ketones (excluding diaryl/α,β-unsaturated/α-hetero) is 1. The first-order valence-electron chi connectivity index (χ1n) is 15.2. The summed E-state index contributed by atoms with van der Waals surface area (Å²) in [7, 11) is 1.88. The molecule has 1 amide bonds. The number of amides is 1. The number of benzene rings is 4. The van der Waals surface area contributed by atoms with E-state index in [1.807, 2.05) is 42.3 Å². The lowest BCUT2D eigenvalue weighted by Gasteiger charge is -2.44. The highest BCUT2D eigenvalue weighted by Gasteiger charge is 2.80. The monoisotopic (exact) mass is 757 g/mol. The predicted octanol–water partition coefficient (Wildman–Crippen LogP) is 9.79. The molecule has 5 atom stereocenters. The summed E-state index contributed by atoms with van der Waals surface area (Å²) in [6.07, 6.45) is 0.472. The quantitative estimate of drug-likeness (QED) is 0.226. The van der Waals surface area contributed by atoms with Gasteiger partial charge in [-0.2, -0.15) is 0 Å². The highest BCUT2D eigenvalue weighted by atomic mass is 35.5. The number of oxime groups is 1. The number of hydrogen-bond acceptors (Lipinski definition) is 5. The standard InChI is InChI=1S/C36H25Cl6N3O3/c1-45-17-23(20-11-9-18(37)15-26(20)41)34(36(45)22-5-2-3-8-28(22)43-33(36)47)13-14-35(32(34)46)30(21-12-10-19(38)16-27(21)42)31(44-48-35)29-24(39)6-4-7-25(29)40/h2-12,15-16,23,30H,13-14,17H2,1H3,(H,43,47)/t23?,30?,34-,35-,36?/m1/s1. The smallest absolute Gasteiger partial charge is 0.250 e.